The number of amidine groups is 1. The quantitative estimate of drug-likeness (QED) is 0.576. The zero-order chi connectivity index (χ0) is 23.0. The van der Waals surface area contributed by atoms with Gasteiger partial charge in [0.15, 0.2) is 0 Å². The van der Waals surface area contributed by atoms with Crippen molar-refractivity contribution in [3.05, 3.63) is 59.7 Å². The normalized spacial score (nSPS) is 25.8. The minimum atomic E-state index is -3.77. The van der Waals surface area contributed by atoms with E-state index >= 15 is 0 Å². The number of rotatable bonds is 6. The molecule has 1 heterocycles. The first-order valence-electron chi connectivity index (χ1n) is 10.2. The lowest BCUT2D eigenvalue weighted by Gasteiger charge is -2.39. The summed E-state index contributed by atoms with van der Waals surface area (Å²) >= 11 is 0. The fourth-order valence-electron chi connectivity index (χ4n) is 4.56. The topological polar surface area (TPSA) is 140 Å². The summed E-state index contributed by atoms with van der Waals surface area (Å²) in [6, 6.07) is 14.5. The number of fused-ring (bicyclic) bond motifs is 1. The van der Waals surface area contributed by atoms with Crippen LogP contribution in [0, 0.1) is 0 Å². The number of nitrogens with two attached hydrogens (primary N) is 1. The van der Waals surface area contributed by atoms with E-state index in [9.17, 15) is 16.8 Å². The average molecular weight is 479 g/mol. The summed E-state index contributed by atoms with van der Waals surface area (Å²) in [7, 11) is -5.99. The number of sulfonamides is 1. The molecule has 0 saturated heterocycles. The van der Waals surface area contributed by atoms with Gasteiger partial charge in [-0.3, -0.25) is 9.71 Å². The number of methoxy groups -OCH3 is 1. The van der Waals surface area contributed by atoms with E-state index in [-0.39, 0.29) is 22.2 Å². The maximum Gasteiger partial charge on any atom is 0.274 e. The van der Waals surface area contributed by atoms with Gasteiger partial charge in [0.2, 0.25) is 0 Å². The van der Waals surface area contributed by atoms with E-state index in [1.807, 2.05) is 30.3 Å². The molecule has 0 atom stereocenters. The lowest BCUT2D eigenvalue weighted by Crippen LogP contribution is -2.45. The number of aliphatic imine (C=N–C) groups is 1. The highest BCUT2D eigenvalue weighted by Gasteiger charge is 2.39. The van der Waals surface area contributed by atoms with Crippen LogP contribution in [0.3, 0.4) is 0 Å². The van der Waals surface area contributed by atoms with E-state index in [1.54, 1.807) is 12.1 Å². The van der Waals surface area contributed by atoms with Crippen LogP contribution < -0.4 is 19.3 Å². The van der Waals surface area contributed by atoms with Crippen molar-refractivity contribution in [1.82, 2.24) is 9.44 Å². The standard InChI is InChI=1S/C21H26N4O5S2/c1-30-17-8-5-9-18-19(17)20(25-31(18,26)27)23-14-21(15-6-3-2-4-7-15)12-10-16(11-13-21)24-32(22,28)29/h2-9,16,24H,10-14H2,1H3,(H,23,25)(H2,22,28,29). The molecule has 0 radical (unpaired) electrons. The van der Waals surface area contributed by atoms with Crippen molar-refractivity contribution in [1.29, 1.82) is 0 Å². The molecule has 1 fully saturated rings. The van der Waals surface area contributed by atoms with Crippen molar-refractivity contribution in [2.75, 3.05) is 13.7 Å². The molecule has 32 heavy (non-hydrogen) atoms. The Morgan fingerprint density at radius 1 is 1.16 bits per heavy atom. The van der Waals surface area contributed by atoms with E-state index in [0.717, 1.165) is 5.56 Å². The van der Waals surface area contributed by atoms with E-state index in [1.165, 1.54) is 13.2 Å². The number of ether oxygens (including phenoxy) is 1. The Morgan fingerprint density at radius 2 is 1.84 bits per heavy atom. The van der Waals surface area contributed by atoms with E-state index < -0.39 is 20.2 Å². The van der Waals surface area contributed by atoms with Gasteiger partial charge in [0.25, 0.3) is 20.2 Å². The molecule has 2 aliphatic rings. The molecule has 4 rings (SSSR count). The van der Waals surface area contributed by atoms with Crippen molar-refractivity contribution in [2.24, 2.45) is 10.1 Å². The third-order valence-electron chi connectivity index (χ3n) is 6.16. The first-order valence-corrected chi connectivity index (χ1v) is 13.3. The Bertz CT molecular complexity index is 1240. The summed E-state index contributed by atoms with van der Waals surface area (Å²) < 4.78 is 58.5. The maximum atomic E-state index is 12.6. The molecule has 4 N–H and O–H groups in total. The van der Waals surface area contributed by atoms with Gasteiger partial charge in [-0.1, -0.05) is 36.4 Å². The first-order chi connectivity index (χ1) is 15.1. The highest BCUT2D eigenvalue weighted by Crippen LogP contribution is 2.40. The Labute approximate surface area is 188 Å². The van der Waals surface area contributed by atoms with Crippen LogP contribution in [-0.4, -0.2) is 42.4 Å². The van der Waals surface area contributed by atoms with E-state index in [4.69, 9.17) is 14.9 Å². The molecule has 0 unspecified atom stereocenters. The molecule has 1 saturated carbocycles. The molecule has 2 aromatic carbocycles. The van der Waals surface area contributed by atoms with Gasteiger partial charge >= 0.3 is 0 Å². The SMILES string of the molecule is COc1cccc2c1C(=NCC1(c3ccccc3)CCC(NS(N)(=O)=O)CC1)NS2(=O)=O. The Morgan fingerprint density at radius 3 is 2.47 bits per heavy atom. The molecule has 2 aromatic rings. The van der Waals surface area contributed by atoms with Gasteiger partial charge in [-0.25, -0.2) is 13.6 Å². The summed E-state index contributed by atoms with van der Waals surface area (Å²) in [5.41, 5.74) is 1.16. The predicted molar refractivity (Wildman–Crippen MR) is 121 cm³/mol. The minimum absolute atomic E-state index is 0.144. The number of nitrogens with one attached hydrogen (secondary N) is 2. The molecule has 0 bridgehead atoms. The number of nitrogens with zero attached hydrogens (tertiary/aromatic N) is 1. The number of hydrogen-bond acceptors (Lipinski definition) is 6. The van der Waals surface area contributed by atoms with Crippen LogP contribution in [0.1, 0.15) is 36.8 Å². The molecule has 0 amide bonds. The molecule has 1 aliphatic heterocycles. The van der Waals surface area contributed by atoms with E-state index in [2.05, 4.69) is 9.44 Å². The smallest absolute Gasteiger partial charge is 0.274 e. The third-order valence-corrected chi connectivity index (χ3v) is 8.21. The molecule has 1 aliphatic carbocycles. The molecule has 0 aromatic heterocycles. The summed E-state index contributed by atoms with van der Waals surface area (Å²) in [6.45, 7) is 0.342. The van der Waals surface area contributed by atoms with Crippen LogP contribution in [0.5, 0.6) is 5.75 Å². The predicted octanol–water partition coefficient (Wildman–Crippen LogP) is 1.41. The molecular formula is C21H26N4O5S2. The lowest BCUT2D eigenvalue weighted by molar-refractivity contribution is 0.268. The van der Waals surface area contributed by atoms with Crippen LogP contribution in [0.2, 0.25) is 0 Å². The van der Waals surface area contributed by atoms with Gasteiger partial charge in [-0.15, -0.1) is 0 Å². The largest absolute Gasteiger partial charge is 0.496 e. The van der Waals surface area contributed by atoms with Crippen molar-refractivity contribution in [3.8, 4) is 5.75 Å². The van der Waals surface area contributed by atoms with Crippen LogP contribution in [0.4, 0.5) is 0 Å². The second kappa shape index (κ2) is 8.47. The van der Waals surface area contributed by atoms with Crippen LogP contribution in [0.25, 0.3) is 0 Å². The fourth-order valence-corrected chi connectivity index (χ4v) is 6.52. The van der Waals surface area contributed by atoms with Crippen LogP contribution >= 0.6 is 0 Å². The summed E-state index contributed by atoms with van der Waals surface area (Å²) in [5, 5.41) is 5.15. The average Bonchev–Trinajstić information content (AvgIpc) is 3.03. The van der Waals surface area contributed by atoms with Gasteiger partial charge < -0.3 is 4.74 Å². The summed E-state index contributed by atoms with van der Waals surface area (Å²) in [4.78, 5) is 4.87. The zero-order valence-electron chi connectivity index (χ0n) is 17.6. The lowest BCUT2D eigenvalue weighted by atomic mass is 9.68. The van der Waals surface area contributed by atoms with Gasteiger partial charge in [0.05, 0.1) is 19.2 Å². The van der Waals surface area contributed by atoms with Crippen LogP contribution in [0.15, 0.2) is 58.4 Å². The Balaban J connectivity index is 1.67. The highest BCUT2D eigenvalue weighted by atomic mass is 32.2. The second-order valence-corrected chi connectivity index (χ2v) is 11.2. The Hall–Kier alpha value is -2.47. The van der Waals surface area contributed by atoms with Crippen molar-refractivity contribution in [3.63, 3.8) is 0 Å². The first kappa shape index (κ1) is 22.7. The number of hydrogen-bond donors (Lipinski definition) is 3. The summed E-state index contributed by atoms with van der Waals surface area (Å²) in [5.74, 6) is 0.696. The van der Waals surface area contributed by atoms with Gasteiger partial charge in [-0.05, 0) is 43.4 Å². The van der Waals surface area contributed by atoms with Gasteiger partial charge in [0.1, 0.15) is 16.5 Å². The highest BCUT2D eigenvalue weighted by molar-refractivity contribution is 7.90. The maximum absolute atomic E-state index is 12.6. The number of benzene rings is 2. The minimum Gasteiger partial charge on any atom is -0.496 e. The van der Waals surface area contributed by atoms with Crippen molar-refractivity contribution in [2.45, 2.75) is 42.0 Å². The van der Waals surface area contributed by atoms with Crippen molar-refractivity contribution < 1.29 is 21.6 Å². The van der Waals surface area contributed by atoms with Gasteiger partial charge in [-0.2, -0.15) is 13.1 Å². The van der Waals surface area contributed by atoms with Crippen molar-refractivity contribution >= 4 is 26.1 Å². The molecular weight excluding hydrogens is 452 g/mol. The third kappa shape index (κ3) is 4.51. The fraction of sp³-hybridized carbons (Fsp3) is 0.381. The Kier molecular flexibility index (Phi) is 6.01. The molecule has 9 nitrogen and oxygen atoms in total. The second-order valence-electron chi connectivity index (χ2n) is 8.19. The summed E-state index contributed by atoms with van der Waals surface area (Å²) in [6.07, 6.45) is 2.54. The van der Waals surface area contributed by atoms with Gasteiger partial charge in [0, 0.05) is 11.5 Å². The zero-order valence-corrected chi connectivity index (χ0v) is 19.2. The monoisotopic (exact) mass is 478 g/mol. The molecule has 172 valence electrons. The van der Waals surface area contributed by atoms with Crippen LogP contribution in [-0.2, 0) is 25.6 Å². The van der Waals surface area contributed by atoms with E-state index in [0.29, 0.717) is 43.5 Å². The molecule has 11 heteroatoms. The molecule has 0 spiro atoms.